The third-order valence-electron chi connectivity index (χ3n) is 1.69. The predicted molar refractivity (Wildman–Crippen MR) is 57.0 cm³/mol. The molecule has 1 unspecified atom stereocenters. The van der Waals surface area contributed by atoms with Crippen LogP contribution in [0.1, 0.15) is 20.8 Å². The summed E-state index contributed by atoms with van der Waals surface area (Å²) in [6.45, 7) is 7.44. The minimum atomic E-state index is -1.42. The third kappa shape index (κ3) is 2.73. The van der Waals surface area contributed by atoms with Gasteiger partial charge in [-0.25, -0.2) is 0 Å². The molecule has 0 aliphatic carbocycles. The molecule has 0 N–H and O–H groups in total. The van der Waals surface area contributed by atoms with Crippen molar-refractivity contribution in [1.82, 2.24) is 0 Å². The molecular formula is C7H15OPS2. The van der Waals surface area contributed by atoms with E-state index in [-0.39, 0.29) is 0 Å². The number of rotatable bonds is 1. The van der Waals surface area contributed by atoms with Crippen LogP contribution in [0.2, 0.25) is 0 Å². The highest BCUT2D eigenvalue weighted by Crippen LogP contribution is 2.64. The summed E-state index contributed by atoms with van der Waals surface area (Å²) in [6, 6.07) is 0. The predicted octanol–water partition coefficient (Wildman–Crippen LogP) is 3.11. The van der Waals surface area contributed by atoms with Gasteiger partial charge in [-0.3, -0.25) is 0 Å². The first-order valence-electron chi connectivity index (χ1n) is 3.86. The molecule has 1 nitrogen and oxygen atoms in total. The maximum atomic E-state index is 5.72. The normalized spacial score (nSPS) is 37.0. The summed E-state index contributed by atoms with van der Waals surface area (Å²) in [6.07, 6.45) is 1.03. The van der Waals surface area contributed by atoms with Crippen molar-refractivity contribution in [2.24, 2.45) is 5.41 Å². The van der Waals surface area contributed by atoms with Gasteiger partial charge in [0.2, 0.25) is 0 Å². The Labute approximate surface area is 78.1 Å². The first-order valence-corrected chi connectivity index (χ1v) is 8.35. The molecule has 1 fully saturated rings. The monoisotopic (exact) mass is 210 g/mol. The molecule has 0 aromatic carbocycles. The van der Waals surface area contributed by atoms with Crippen LogP contribution >= 0.6 is 16.8 Å². The van der Waals surface area contributed by atoms with E-state index in [0.717, 1.165) is 18.5 Å². The zero-order valence-electron chi connectivity index (χ0n) is 7.29. The molecular weight excluding hydrogens is 195 g/mol. The van der Waals surface area contributed by atoms with E-state index in [0.29, 0.717) is 5.41 Å². The summed E-state index contributed by atoms with van der Waals surface area (Å²) in [4.78, 5) is 0. The van der Waals surface area contributed by atoms with Gasteiger partial charge in [0.05, 0.1) is 6.61 Å². The summed E-state index contributed by atoms with van der Waals surface area (Å²) < 4.78 is 5.72. The maximum Gasteiger partial charge on any atom is 0.119 e. The molecule has 0 bridgehead atoms. The average Bonchev–Trinajstić information content (AvgIpc) is 1.97. The van der Waals surface area contributed by atoms with Crippen LogP contribution in [0, 0.1) is 5.41 Å². The maximum absolute atomic E-state index is 5.72. The van der Waals surface area contributed by atoms with E-state index in [1.54, 1.807) is 0 Å². The Balaban J connectivity index is 2.55. The van der Waals surface area contributed by atoms with Gasteiger partial charge in [0.15, 0.2) is 0 Å². The van der Waals surface area contributed by atoms with Crippen molar-refractivity contribution in [3.63, 3.8) is 0 Å². The van der Waals surface area contributed by atoms with Crippen LogP contribution in [-0.2, 0) is 16.3 Å². The van der Waals surface area contributed by atoms with Gasteiger partial charge in [0.1, 0.15) is 5.47 Å². The molecule has 1 atom stereocenters. The van der Waals surface area contributed by atoms with E-state index in [9.17, 15) is 0 Å². The summed E-state index contributed by atoms with van der Waals surface area (Å²) >= 11 is 7.29. The Bertz CT molecular complexity index is 177. The van der Waals surface area contributed by atoms with Crippen molar-refractivity contribution >= 4 is 28.7 Å². The van der Waals surface area contributed by atoms with E-state index >= 15 is 0 Å². The van der Waals surface area contributed by atoms with Crippen molar-refractivity contribution in [1.29, 1.82) is 0 Å². The van der Waals surface area contributed by atoms with Gasteiger partial charge in [-0.1, -0.05) is 44.0 Å². The first kappa shape index (κ1) is 10.0. The molecule has 1 saturated heterocycles. The second-order valence-electron chi connectivity index (χ2n) is 3.64. The van der Waals surface area contributed by atoms with Crippen molar-refractivity contribution in [3.05, 3.63) is 0 Å². The molecule has 0 spiro atoms. The SMILES string of the molecule is CCP1(=S)OCC(C)(C)CS1. The van der Waals surface area contributed by atoms with E-state index < -0.39 is 5.47 Å². The molecule has 0 aromatic rings. The van der Waals surface area contributed by atoms with Crippen LogP contribution in [0.25, 0.3) is 0 Å². The van der Waals surface area contributed by atoms with Crippen molar-refractivity contribution in [3.8, 4) is 0 Å². The van der Waals surface area contributed by atoms with Gasteiger partial charge in [-0.2, -0.15) is 0 Å². The molecule has 0 amide bonds. The van der Waals surface area contributed by atoms with Gasteiger partial charge >= 0.3 is 0 Å². The van der Waals surface area contributed by atoms with Gasteiger partial charge in [-0.15, -0.1) is 0 Å². The Hall–Kier alpha value is 0.960. The molecule has 66 valence electrons. The second-order valence-corrected chi connectivity index (χ2v) is 11.3. The highest BCUT2D eigenvalue weighted by molar-refractivity contribution is 8.69. The van der Waals surface area contributed by atoms with E-state index in [2.05, 4.69) is 20.8 Å². The molecule has 0 aromatic heterocycles. The van der Waals surface area contributed by atoms with Crippen LogP contribution < -0.4 is 0 Å². The molecule has 1 rings (SSSR count). The number of hydrogen-bond donors (Lipinski definition) is 0. The largest absolute Gasteiger partial charge is 0.341 e. The average molecular weight is 210 g/mol. The fourth-order valence-electron chi connectivity index (χ4n) is 0.808. The standard InChI is InChI=1S/C7H15OPS2/c1-4-9(10)8-5-7(2,3)6-11-9/h4-6H2,1-3H3. The van der Waals surface area contributed by atoms with Crippen LogP contribution in [0.15, 0.2) is 0 Å². The summed E-state index contributed by atoms with van der Waals surface area (Å²) in [5, 5.41) is 0. The highest BCUT2D eigenvalue weighted by atomic mass is 32.9. The lowest BCUT2D eigenvalue weighted by atomic mass is 9.98. The lowest BCUT2D eigenvalue weighted by Crippen LogP contribution is -2.25. The zero-order chi connectivity index (χ0) is 8.54. The Kier molecular flexibility index (Phi) is 3.08. The molecule has 11 heavy (non-hydrogen) atoms. The summed E-state index contributed by atoms with van der Waals surface area (Å²) in [5.74, 6) is 1.16. The summed E-state index contributed by atoms with van der Waals surface area (Å²) in [7, 11) is 0. The van der Waals surface area contributed by atoms with Crippen molar-refractivity contribution < 1.29 is 4.52 Å². The fraction of sp³-hybridized carbons (Fsp3) is 1.00. The smallest absolute Gasteiger partial charge is 0.119 e. The van der Waals surface area contributed by atoms with Crippen LogP contribution in [0.4, 0.5) is 0 Å². The molecule has 1 aliphatic heterocycles. The minimum Gasteiger partial charge on any atom is -0.341 e. The third-order valence-corrected chi connectivity index (χ3v) is 8.99. The lowest BCUT2D eigenvalue weighted by molar-refractivity contribution is 0.218. The topological polar surface area (TPSA) is 9.23 Å². The second kappa shape index (κ2) is 3.37. The fourth-order valence-corrected chi connectivity index (χ4v) is 5.62. The van der Waals surface area contributed by atoms with Gasteiger partial charge < -0.3 is 4.52 Å². The first-order chi connectivity index (χ1) is 4.97. The molecule has 4 heteroatoms. The lowest BCUT2D eigenvalue weighted by Gasteiger charge is -2.35. The van der Waals surface area contributed by atoms with Gasteiger partial charge in [0.25, 0.3) is 0 Å². The van der Waals surface area contributed by atoms with Gasteiger partial charge in [-0.05, 0) is 5.41 Å². The van der Waals surface area contributed by atoms with E-state index in [1.165, 1.54) is 0 Å². The Morgan fingerprint density at radius 2 is 2.27 bits per heavy atom. The Morgan fingerprint density at radius 1 is 1.64 bits per heavy atom. The van der Waals surface area contributed by atoms with Gasteiger partial charge in [0, 0.05) is 11.9 Å². The number of hydrogen-bond acceptors (Lipinski definition) is 3. The minimum absolute atomic E-state index is 0.335. The quantitative estimate of drug-likeness (QED) is 0.615. The molecule has 1 aliphatic rings. The van der Waals surface area contributed by atoms with Crippen LogP contribution in [0.5, 0.6) is 0 Å². The van der Waals surface area contributed by atoms with E-state index in [1.807, 2.05) is 11.4 Å². The summed E-state index contributed by atoms with van der Waals surface area (Å²) in [5.41, 5.74) is -1.09. The van der Waals surface area contributed by atoms with Crippen LogP contribution in [0.3, 0.4) is 0 Å². The van der Waals surface area contributed by atoms with E-state index in [4.69, 9.17) is 16.3 Å². The Morgan fingerprint density at radius 3 is 2.64 bits per heavy atom. The highest BCUT2D eigenvalue weighted by Gasteiger charge is 2.31. The molecule has 0 saturated carbocycles. The van der Waals surface area contributed by atoms with Crippen molar-refractivity contribution in [2.75, 3.05) is 18.5 Å². The molecule has 0 radical (unpaired) electrons. The van der Waals surface area contributed by atoms with Crippen LogP contribution in [-0.4, -0.2) is 18.5 Å². The van der Waals surface area contributed by atoms with Crippen molar-refractivity contribution in [2.45, 2.75) is 20.8 Å². The zero-order valence-corrected chi connectivity index (χ0v) is 9.82. The molecule has 1 heterocycles.